The molecule has 0 fully saturated rings. The van der Waals surface area contributed by atoms with Crippen molar-refractivity contribution in [3.8, 4) is 0 Å². The van der Waals surface area contributed by atoms with E-state index in [4.69, 9.17) is 16.7 Å². The maximum Gasteiger partial charge on any atom is 0.281 e. The summed E-state index contributed by atoms with van der Waals surface area (Å²) in [5.74, 6) is 0. The first kappa shape index (κ1) is 13.0. The maximum absolute atomic E-state index is 12.4. The van der Waals surface area contributed by atoms with Gasteiger partial charge < -0.3 is 0 Å². The molecule has 15 heavy (non-hydrogen) atoms. The number of rotatable bonds is 2. The molecule has 1 heterocycles. The summed E-state index contributed by atoms with van der Waals surface area (Å²) in [6.07, 6.45) is -2.95. The highest BCUT2D eigenvalue weighted by Crippen LogP contribution is 2.31. The summed E-state index contributed by atoms with van der Waals surface area (Å²) >= 11 is 7.05. The van der Waals surface area contributed by atoms with Crippen LogP contribution in [0.25, 0.3) is 0 Å². The highest BCUT2D eigenvalue weighted by Gasteiger charge is 2.23. The molecule has 1 rings (SSSR count). The third-order valence-electron chi connectivity index (χ3n) is 1.43. The zero-order chi connectivity index (χ0) is 11.8. The molecule has 0 aliphatic carbocycles. The van der Waals surface area contributed by atoms with Gasteiger partial charge in [-0.25, -0.2) is 27.3 Å². The molecule has 9 heteroatoms. The van der Waals surface area contributed by atoms with Gasteiger partial charge in [0.05, 0.1) is 5.02 Å². The summed E-state index contributed by atoms with van der Waals surface area (Å²) in [7, 11) is -4.12. The second-order valence-electron chi connectivity index (χ2n) is 2.49. The molecule has 0 unspecified atom stereocenters. The van der Waals surface area contributed by atoms with Crippen LogP contribution in [0.3, 0.4) is 0 Å². The van der Waals surface area contributed by atoms with E-state index in [2.05, 4.69) is 4.98 Å². The maximum atomic E-state index is 12.4. The molecule has 0 aliphatic heterocycles. The molecule has 0 radical (unpaired) electrons. The summed E-state index contributed by atoms with van der Waals surface area (Å²) < 4.78 is 46.9. The first-order valence-electron chi connectivity index (χ1n) is 3.40. The van der Waals surface area contributed by atoms with Crippen LogP contribution >= 0.6 is 34.2 Å². The van der Waals surface area contributed by atoms with Crippen LogP contribution in [0.5, 0.6) is 0 Å². The summed E-state index contributed by atoms with van der Waals surface area (Å²) in [5.41, 5.74) is -0.785. The number of halogens is 4. The van der Waals surface area contributed by atoms with E-state index < -0.39 is 32.1 Å². The third-order valence-corrected chi connectivity index (χ3v) is 3.43. The Bertz CT molecular complexity index is 494. The number of nitrogens with two attached hydrogens (primary N) is 1. The molecule has 0 amide bonds. The second kappa shape index (κ2) is 4.44. The van der Waals surface area contributed by atoms with Gasteiger partial charge in [0.2, 0.25) is 10.0 Å². The highest BCUT2D eigenvalue weighted by atomic mass is 127. The molecule has 1 aromatic rings. The average Bonchev–Trinajstić information content (AvgIpc) is 2.06. The standard InChI is InChI=1S/C6H4ClF2IN2O2S/c7-4-2(15(11,13)14)1-3(10)12-5(4)6(8)9/h1,6H,(H2,11,13,14). The molecule has 1 aromatic heterocycles. The summed E-state index contributed by atoms with van der Waals surface area (Å²) in [6.45, 7) is 0. The van der Waals surface area contributed by atoms with Crippen LogP contribution in [0.4, 0.5) is 8.78 Å². The Morgan fingerprint density at radius 2 is 2.07 bits per heavy atom. The van der Waals surface area contributed by atoms with Crippen molar-refractivity contribution in [3.05, 3.63) is 20.5 Å². The highest BCUT2D eigenvalue weighted by molar-refractivity contribution is 14.1. The summed E-state index contributed by atoms with van der Waals surface area (Å²) in [6, 6.07) is 1.03. The van der Waals surface area contributed by atoms with Gasteiger partial charge in [0.15, 0.2) is 0 Å². The van der Waals surface area contributed by atoms with Crippen molar-refractivity contribution in [3.63, 3.8) is 0 Å². The topological polar surface area (TPSA) is 73.1 Å². The molecular formula is C6H4ClF2IN2O2S. The summed E-state index contributed by atoms with van der Waals surface area (Å²) in [4.78, 5) is 2.89. The van der Waals surface area contributed by atoms with Crippen LogP contribution in [0.15, 0.2) is 11.0 Å². The van der Waals surface area contributed by atoms with Gasteiger partial charge in [-0.05, 0) is 28.7 Å². The lowest BCUT2D eigenvalue weighted by Crippen LogP contribution is -2.14. The fourth-order valence-corrected chi connectivity index (χ4v) is 2.76. The van der Waals surface area contributed by atoms with Gasteiger partial charge in [0, 0.05) is 0 Å². The molecule has 0 saturated heterocycles. The van der Waals surface area contributed by atoms with Gasteiger partial charge in [0.1, 0.15) is 14.3 Å². The molecular weight excluding hydrogens is 364 g/mol. The van der Waals surface area contributed by atoms with Crippen molar-refractivity contribution in [1.82, 2.24) is 4.98 Å². The van der Waals surface area contributed by atoms with Crippen LogP contribution < -0.4 is 5.14 Å². The first-order chi connectivity index (χ1) is 6.73. The van der Waals surface area contributed by atoms with Crippen LogP contribution in [0, 0.1) is 3.70 Å². The second-order valence-corrected chi connectivity index (χ2v) is 5.50. The predicted molar refractivity (Wildman–Crippen MR) is 58.3 cm³/mol. The minimum Gasteiger partial charge on any atom is -0.239 e. The number of pyridine rings is 1. The zero-order valence-corrected chi connectivity index (χ0v) is 10.6. The van der Waals surface area contributed by atoms with Crippen LogP contribution in [-0.2, 0) is 10.0 Å². The Morgan fingerprint density at radius 1 is 1.53 bits per heavy atom. The van der Waals surface area contributed by atoms with E-state index in [1.54, 1.807) is 22.6 Å². The SMILES string of the molecule is NS(=O)(=O)c1cc(I)nc(C(F)F)c1Cl. The molecule has 0 bridgehead atoms. The average molecular weight is 369 g/mol. The van der Waals surface area contributed by atoms with Gasteiger partial charge >= 0.3 is 0 Å². The van der Waals surface area contributed by atoms with E-state index >= 15 is 0 Å². The Kier molecular flexibility index (Phi) is 3.85. The predicted octanol–water partition coefficient (Wildman–Crippen LogP) is 1.92. The Morgan fingerprint density at radius 3 is 2.47 bits per heavy atom. The van der Waals surface area contributed by atoms with Crippen LogP contribution in [-0.4, -0.2) is 13.4 Å². The van der Waals surface area contributed by atoms with E-state index in [9.17, 15) is 17.2 Å². The van der Waals surface area contributed by atoms with Crippen molar-refractivity contribution in [2.75, 3.05) is 0 Å². The van der Waals surface area contributed by atoms with Gasteiger partial charge in [-0.15, -0.1) is 0 Å². The lowest BCUT2D eigenvalue weighted by Gasteiger charge is -2.07. The van der Waals surface area contributed by atoms with Crippen molar-refractivity contribution in [2.45, 2.75) is 11.3 Å². The molecule has 84 valence electrons. The molecule has 4 nitrogen and oxygen atoms in total. The third kappa shape index (κ3) is 2.95. The quantitative estimate of drug-likeness (QED) is 0.640. The van der Waals surface area contributed by atoms with E-state index in [0.717, 1.165) is 6.07 Å². The van der Waals surface area contributed by atoms with E-state index in [1.807, 2.05) is 0 Å². The normalized spacial score (nSPS) is 12.1. The molecule has 0 saturated carbocycles. The molecule has 0 aromatic carbocycles. The van der Waals surface area contributed by atoms with Gasteiger partial charge in [-0.2, -0.15) is 0 Å². The number of aromatic nitrogens is 1. The van der Waals surface area contributed by atoms with E-state index in [0.29, 0.717) is 0 Å². The first-order valence-corrected chi connectivity index (χ1v) is 6.40. The number of primary sulfonamides is 1. The molecule has 0 aliphatic rings. The lowest BCUT2D eigenvalue weighted by atomic mass is 10.3. The Labute approximate surface area is 103 Å². The number of hydrogen-bond donors (Lipinski definition) is 1. The van der Waals surface area contributed by atoms with Crippen molar-refractivity contribution >= 4 is 44.2 Å². The van der Waals surface area contributed by atoms with Crippen LogP contribution in [0.2, 0.25) is 5.02 Å². The van der Waals surface area contributed by atoms with E-state index in [1.165, 1.54) is 0 Å². The minimum atomic E-state index is -4.12. The Hall–Kier alpha value is -0.0600. The zero-order valence-electron chi connectivity index (χ0n) is 6.92. The lowest BCUT2D eigenvalue weighted by molar-refractivity contribution is 0.145. The van der Waals surface area contributed by atoms with Gasteiger partial charge in [0.25, 0.3) is 6.43 Å². The number of nitrogens with zero attached hydrogens (tertiary/aromatic N) is 1. The van der Waals surface area contributed by atoms with E-state index in [-0.39, 0.29) is 3.70 Å². The largest absolute Gasteiger partial charge is 0.281 e. The van der Waals surface area contributed by atoms with Crippen LogP contribution in [0.1, 0.15) is 12.1 Å². The van der Waals surface area contributed by atoms with Gasteiger partial charge in [-0.1, -0.05) is 11.6 Å². The fourth-order valence-electron chi connectivity index (χ4n) is 0.846. The van der Waals surface area contributed by atoms with Gasteiger partial charge in [-0.3, -0.25) is 0 Å². The molecule has 2 N–H and O–H groups in total. The van der Waals surface area contributed by atoms with Crippen molar-refractivity contribution < 1.29 is 17.2 Å². The fraction of sp³-hybridized carbons (Fsp3) is 0.167. The summed E-state index contributed by atoms with van der Waals surface area (Å²) in [5, 5.41) is 4.18. The smallest absolute Gasteiger partial charge is 0.239 e. The Balaban J connectivity index is 3.56. The van der Waals surface area contributed by atoms with Crippen molar-refractivity contribution in [2.24, 2.45) is 5.14 Å². The molecule has 0 spiro atoms. The number of hydrogen-bond acceptors (Lipinski definition) is 3. The minimum absolute atomic E-state index is 0.0799. The number of sulfonamides is 1. The molecule has 0 atom stereocenters. The number of alkyl halides is 2. The monoisotopic (exact) mass is 368 g/mol. The van der Waals surface area contributed by atoms with Crippen molar-refractivity contribution in [1.29, 1.82) is 0 Å².